The van der Waals surface area contributed by atoms with Gasteiger partial charge in [0.1, 0.15) is 13.2 Å². The van der Waals surface area contributed by atoms with Gasteiger partial charge < -0.3 is 9.68 Å². The van der Waals surface area contributed by atoms with Gasteiger partial charge in [-0.15, -0.1) is 9.81 Å². The molecule has 0 amide bonds. The van der Waals surface area contributed by atoms with Crippen LogP contribution in [-0.4, -0.2) is 13.2 Å². The van der Waals surface area contributed by atoms with Gasteiger partial charge in [0, 0.05) is 0 Å². The zero-order valence-corrected chi connectivity index (χ0v) is 5.36. The Balaban J connectivity index is 2.76. The third kappa shape index (κ3) is 6.80. The van der Waals surface area contributed by atoms with Crippen LogP contribution in [0.1, 0.15) is 12.8 Å². The molecule has 58 valence electrons. The molecule has 0 fully saturated rings. The molecule has 0 aromatic carbocycles. The minimum Gasteiger partial charge on any atom is -0.364 e. The summed E-state index contributed by atoms with van der Waals surface area (Å²) in [5.41, 5.74) is 0. The van der Waals surface area contributed by atoms with E-state index in [1.54, 1.807) is 0 Å². The van der Waals surface area contributed by atoms with Gasteiger partial charge in [-0.3, -0.25) is 0 Å². The Morgan fingerprint density at radius 1 is 0.900 bits per heavy atom. The van der Waals surface area contributed by atoms with E-state index in [2.05, 4.69) is 20.4 Å². The van der Waals surface area contributed by atoms with Gasteiger partial charge in [-0.2, -0.15) is 0 Å². The zero-order chi connectivity index (χ0) is 7.66. The predicted molar refractivity (Wildman–Crippen MR) is 32.7 cm³/mol. The summed E-state index contributed by atoms with van der Waals surface area (Å²) in [7, 11) is 0. The molecule has 0 unspecified atom stereocenters. The van der Waals surface area contributed by atoms with Crippen molar-refractivity contribution < 1.29 is 9.68 Å². The maximum atomic E-state index is 9.32. The van der Waals surface area contributed by atoms with Gasteiger partial charge in [-0.25, -0.2) is 0 Å². The minimum atomic E-state index is 0.256. The van der Waals surface area contributed by atoms with Crippen molar-refractivity contribution in [2.45, 2.75) is 12.8 Å². The van der Waals surface area contributed by atoms with Gasteiger partial charge in [0.05, 0.1) is 0 Å². The van der Waals surface area contributed by atoms with Crippen LogP contribution in [0, 0.1) is 9.81 Å². The summed E-state index contributed by atoms with van der Waals surface area (Å²) < 4.78 is 0. The smallest absolute Gasteiger partial charge is 0.155 e. The first-order valence-corrected chi connectivity index (χ1v) is 2.81. The lowest BCUT2D eigenvalue weighted by molar-refractivity contribution is 0.107. The van der Waals surface area contributed by atoms with Crippen LogP contribution in [0.4, 0.5) is 0 Å². The molecule has 0 heterocycles. The molecule has 0 aromatic heterocycles. The van der Waals surface area contributed by atoms with Gasteiger partial charge >= 0.3 is 0 Å². The second-order valence-corrected chi connectivity index (χ2v) is 1.52. The first kappa shape index (κ1) is 8.80. The normalized spacial score (nSPS) is 8.40. The van der Waals surface area contributed by atoms with E-state index in [1.165, 1.54) is 0 Å². The van der Waals surface area contributed by atoms with E-state index in [0.29, 0.717) is 12.8 Å². The average Bonchev–Trinajstić information content (AvgIpc) is 1.97. The molecule has 6 heteroatoms. The molecule has 0 spiro atoms. The number of rotatable bonds is 7. The topological polar surface area (TPSA) is 77.3 Å². The molecule has 0 aliphatic carbocycles. The van der Waals surface area contributed by atoms with Crippen LogP contribution in [0.15, 0.2) is 10.7 Å². The molecule has 0 saturated heterocycles. The van der Waals surface area contributed by atoms with Crippen molar-refractivity contribution in [2.24, 2.45) is 10.7 Å². The van der Waals surface area contributed by atoms with E-state index in [4.69, 9.17) is 0 Å². The molecule has 0 radical (unpaired) electrons. The van der Waals surface area contributed by atoms with Crippen molar-refractivity contribution in [1.29, 1.82) is 0 Å². The molecule has 0 rings (SSSR count). The van der Waals surface area contributed by atoms with Gasteiger partial charge in [-0.05, 0) is 12.8 Å². The second kappa shape index (κ2) is 7.80. The van der Waals surface area contributed by atoms with Crippen molar-refractivity contribution in [3.63, 3.8) is 0 Å². The Morgan fingerprint density at radius 3 is 1.60 bits per heavy atom. The Bertz CT molecular complexity index is 85.3. The first-order valence-electron chi connectivity index (χ1n) is 2.81. The molecule has 0 aliphatic heterocycles. The molecular weight excluding hydrogens is 140 g/mol. The lowest BCUT2D eigenvalue weighted by atomic mass is 10.3. The van der Waals surface area contributed by atoms with Crippen LogP contribution in [0.25, 0.3) is 0 Å². The average molecular weight is 148 g/mol. The molecule has 0 N–H and O–H groups in total. The van der Waals surface area contributed by atoms with Crippen molar-refractivity contribution >= 4 is 0 Å². The van der Waals surface area contributed by atoms with Crippen molar-refractivity contribution in [2.75, 3.05) is 13.2 Å². The van der Waals surface area contributed by atoms with Gasteiger partial charge in [0.15, 0.2) is 10.7 Å². The Morgan fingerprint density at radius 2 is 1.30 bits per heavy atom. The van der Waals surface area contributed by atoms with Gasteiger partial charge in [0.2, 0.25) is 0 Å². The summed E-state index contributed by atoms with van der Waals surface area (Å²) in [6.45, 7) is 0.511. The monoisotopic (exact) mass is 148 g/mol. The molecule has 0 aromatic rings. The molecule has 0 saturated carbocycles. The standard InChI is InChI=1S/C4H8N2O4/c7-5-9-3-1-2-4-10-6-8/h1-4H2. The van der Waals surface area contributed by atoms with Crippen molar-refractivity contribution in [3.8, 4) is 0 Å². The molecule has 0 atom stereocenters. The van der Waals surface area contributed by atoms with Crippen LogP contribution in [0.5, 0.6) is 0 Å². The largest absolute Gasteiger partial charge is 0.364 e. The second-order valence-electron chi connectivity index (χ2n) is 1.52. The highest BCUT2D eigenvalue weighted by Crippen LogP contribution is 1.91. The minimum absolute atomic E-state index is 0.256. The molecule has 0 bridgehead atoms. The van der Waals surface area contributed by atoms with E-state index in [9.17, 15) is 9.81 Å². The van der Waals surface area contributed by atoms with Crippen LogP contribution >= 0.6 is 0 Å². The summed E-state index contributed by atoms with van der Waals surface area (Å²) in [5.74, 6) is 0. The van der Waals surface area contributed by atoms with Crippen LogP contribution in [0.2, 0.25) is 0 Å². The lowest BCUT2D eigenvalue weighted by Gasteiger charge is -1.94. The number of nitrogens with zero attached hydrogens (tertiary/aromatic N) is 2. The fourth-order valence-corrected chi connectivity index (χ4v) is 0.408. The Kier molecular flexibility index (Phi) is 6.86. The maximum absolute atomic E-state index is 9.32. The predicted octanol–water partition coefficient (Wildman–Crippen LogP) is 1.16. The molecule has 10 heavy (non-hydrogen) atoms. The van der Waals surface area contributed by atoms with Crippen LogP contribution in [0.3, 0.4) is 0 Å². The Labute approximate surface area is 57.4 Å². The van der Waals surface area contributed by atoms with E-state index in [1.807, 2.05) is 0 Å². The third-order valence-electron chi connectivity index (χ3n) is 0.827. The highest BCUT2D eigenvalue weighted by atomic mass is 16.7. The van der Waals surface area contributed by atoms with E-state index < -0.39 is 0 Å². The van der Waals surface area contributed by atoms with Crippen LogP contribution < -0.4 is 0 Å². The summed E-state index contributed by atoms with van der Waals surface area (Å²) >= 11 is 0. The number of unbranched alkanes of at least 4 members (excludes halogenated alkanes) is 1. The molecular formula is C4H8N2O4. The summed E-state index contributed by atoms with van der Waals surface area (Å²) in [6.07, 6.45) is 1.25. The zero-order valence-electron chi connectivity index (χ0n) is 5.36. The van der Waals surface area contributed by atoms with E-state index >= 15 is 0 Å². The van der Waals surface area contributed by atoms with Gasteiger partial charge in [-0.1, -0.05) is 0 Å². The van der Waals surface area contributed by atoms with Crippen molar-refractivity contribution in [3.05, 3.63) is 9.81 Å². The van der Waals surface area contributed by atoms with Crippen LogP contribution in [-0.2, 0) is 9.68 Å². The fraction of sp³-hybridized carbons (Fsp3) is 1.00. The fourth-order valence-electron chi connectivity index (χ4n) is 0.408. The van der Waals surface area contributed by atoms with E-state index in [0.717, 1.165) is 0 Å². The lowest BCUT2D eigenvalue weighted by Crippen LogP contribution is -1.91. The number of hydrogen-bond donors (Lipinski definition) is 0. The quantitative estimate of drug-likeness (QED) is 0.308. The summed E-state index contributed by atoms with van der Waals surface area (Å²) in [5, 5.41) is 4.35. The highest BCUT2D eigenvalue weighted by Gasteiger charge is 1.88. The third-order valence-corrected chi connectivity index (χ3v) is 0.827. The Hall–Kier alpha value is -1.20. The number of hydrogen-bond acceptors (Lipinski definition) is 6. The molecule has 0 aliphatic rings. The first-order chi connectivity index (χ1) is 4.91. The van der Waals surface area contributed by atoms with Crippen molar-refractivity contribution in [1.82, 2.24) is 0 Å². The van der Waals surface area contributed by atoms with E-state index in [-0.39, 0.29) is 13.2 Å². The van der Waals surface area contributed by atoms with Gasteiger partial charge in [0.25, 0.3) is 0 Å². The SMILES string of the molecule is O=NOCCCCON=O. The molecule has 6 nitrogen and oxygen atoms in total. The maximum Gasteiger partial charge on any atom is 0.155 e. The summed E-state index contributed by atoms with van der Waals surface area (Å²) in [4.78, 5) is 26.9. The summed E-state index contributed by atoms with van der Waals surface area (Å²) in [6, 6.07) is 0. The highest BCUT2D eigenvalue weighted by molar-refractivity contribution is 4.34.